The highest BCUT2D eigenvalue weighted by molar-refractivity contribution is 5.97. The van der Waals surface area contributed by atoms with E-state index in [0.717, 1.165) is 18.4 Å². The number of carbonyl (C=O) groups is 2. The number of halogens is 1. The molecular weight excluding hydrogens is 375 g/mol. The molecular formula is C22H21FN2O4. The summed E-state index contributed by atoms with van der Waals surface area (Å²) in [5.41, 5.74) is 1.97. The van der Waals surface area contributed by atoms with E-state index in [1.54, 1.807) is 11.0 Å². The molecule has 29 heavy (non-hydrogen) atoms. The topological polar surface area (TPSA) is 82.6 Å². The minimum absolute atomic E-state index is 0.0371. The SMILES string of the molecule is O=C(O)c1[nH]c2cc(F)ccc2c1C[C@@H]1CCCN1C(=O)OCc1ccccc1. The first-order chi connectivity index (χ1) is 14.0. The van der Waals surface area contributed by atoms with E-state index in [9.17, 15) is 19.1 Å². The summed E-state index contributed by atoms with van der Waals surface area (Å²) < 4.78 is 19.0. The molecule has 1 saturated heterocycles. The summed E-state index contributed by atoms with van der Waals surface area (Å²) in [7, 11) is 0. The molecule has 7 heteroatoms. The third-order valence-electron chi connectivity index (χ3n) is 5.34. The number of likely N-dealkylation sites (tertiary alicyclic amines) is 1. The first kappa shape index (κ1) is 19.0. The Bertz CT molecular complexity index is 1050. The molecule has 1 aromatic heterocycles. The number of fused-ring (bicyclic) bond motifs is 1. The molecule has 2 heterocycles. The second kappa shape index (κ2) is 7.95. The lowest BCUT2D eigenvalue weighted by molar-refractivity contribution is 0.0690. The fourth-order valence-corrected chi connectivity index (χ4v) is 3.95. The first-order valence-corrected chi connectivity index (χ1v) is 9.53. The van der Waals surface area contributed by atoms with E-state index < -0.39 is 17.9 Å². The highest BCUT2D eigenvalue weighted by atomic mass is 19.1. The van der Waals surface area contributed by atoms with Gasteiger partial charge in [0, 0.05) is 23.5 Å². The molecule has 1 amide bonds. The van der Waals surface area contributed by atoms with Crippen molar-refractivity contribution >= 4 is 23.0 Å². The van der Waals surface area contributed by atoms with E-state index in [0.29, 0.717) is 29.4 Å². The molecule has 0 saturated carbocycles. The van der Waals surface area contributed by atoms with E-state index in [-0.39, 0.29) is 18.3 Å². The molecule has 0 bridgehead atoms. The third kappa shape index (κ3) is 3.94. The van der Waals surface area contributed by atoms with Crippen LogP contribution in [-0.2, 0) is 17.8 Å². The fraction of sp³-hybridized carbons (Fsp3) is 0.273. The Labute approximate surface area is 166 Å². The molecule has 4 rings (SSSR count). The molecule has 1 fully saturated rings. The first-order valence-electron chi connectivity index (χ1n) is 9.53. The predicted octanol–water partition coefficient (Wildman–Crippen LogP) is 4.35. The Morgan fingerprint density at radius 2 is 2.00 bits per heavy atom. The van der Waals surface area contributed by atoms with Gasteiger partial charge in [-0.25, -0.2) is 14.0 Å². The lowest BCUT2D eigenvalue weighted by Crippen LogP contribution is -2.37. The molecule has 3 aromatic rings. The van der Waals surface area contributed by atoms with Gasteiger partial charge in [0.2, 0.25) is 0 Å². The number of carboxylic acids is 1. The minimum atomic E-state index is -1.10. The lowest BCUT2D eigenvalue weighted by Gasteiger charge is -2.24. The van der Waals surface area contributed by atoms with Gasteiger partial charge in [0.15, 0.2) is 0 Å². The van der Waals surface area contributed by atoms with Crippen LogP contribution in [0.4, 0.5) is 9.18 Å². The number of hydrogen-bond acceptors (Lipinski definition) is 3. The van der Waals surface area contributed by atoms with Crippen LogP contribution in [0.25, 0.3) is 10.9 Å². The Hall–Kier alpha value is -3.35. The molecule has 0 spiro atoms. The van der Waals surface area contributed by atoms with Gasteiger partial charge in [-0.05, 0) is 48.6 Å². The number of amides is 1. The highest BCUT2D eigenvalue weighted by Gasteiger charge is 2.32. The van der Waals surface area contributed by atoms with E-state index in [2.05, 4.69) is 4.98 Å². The molecule has 6 nitrogen and oxygen atoms in total. The van der Waals surface area contributed by atoms with E-state index in [1.807, 2.05) is 30.3 Å². The van der Waals surface area contributed by atoms with Crippen LogP contribution < -0.4 is 0 Å². The van der Waals surface area contributed by atoms with E-state index in [4.69, 9.17) is 4.74 Å². The standard InChI is InChI=1S/C22H21FN2O4/c23-15-8-9-17-18(20(21(26)27)24-19(17)11-15)12-16-7-4-10-25(16)22(28)29-13-14-5-2-1-3-6-14/h1-3,5-6,8-9,11,16,24H,4,7,10,12-13H2,(H,26,27)/t16-/m0/s1. The number of H-pyrrole nitrogens is 1. The van der Waals surface area contributed by atoms with Gasteiger partial charge in [0.05, 0.1) is 0 Å². The van der Waals surface area contributed by atoms with Crippen LogP contribution in [-0.4, -0.2) is 39.6 Å². The van der Waals surface area contributed by atoms with Crippen LogP contribution in [0.5, 0.6) is 0 Å². The molecule has 150 valence electrons. The summed E-state index contributed by atoms with van der Waals surface area (Å²) in [6.45, 7) is 0.757. The Morgan fingerprint density at radius 3 is 2.76 bits per heavy atom. The van der Waals surface area contributed by atoms with E-state index in [1.165, 1.54) is 12.1 Å². The molecule has 0 radical (unpaired) electrons. The zero-order chi connectivity index (χ0) is 20.4. The number of carboxylic acid groups (broad SMARTS) is 1. The van der Waals surface area contributed by atoms with Gasteiger partial charge in [-0.3, -0.25) is 0 Å². The van der Waals surface area contributed by atoms with Crippen molar-refractivity contribution in [3.05, 3.63) is 71.2 Å². The fourth-order valence-electron chi connectivity index (χ4n) is 3.95. The molecule has 1 aliphatic rings. The van der Waals surface area contributed by atoms with Crippen molar-refractivity contribution in [3.8, 4) is 0 Å². The number of carbonyl (C=O) groups excluding carboxylic acids is 1. The Balaban J connectivity index is 1.53. The maximum Gasteiger partial charge on any atom is 0.410 e. The number of benzene rings is 2. The highest BCUT2D eigenvalue weighted by Crippen LogP contribution is 2.29. The van der Waals surface area contributed by atoms with Crippen molar-refractivity contribution in [1.29, 1.82) is 0 Å². The summed E-state index contributed by atoms with van der Waals surface area (Å²) in [6.07, 6.45) is 1.55. The number of aromatic amines is 1. The van der Waals surface area contributed by atoms with E-state index >= 15 is 0 Å². The quantitative estimate of drug-likeness (QED) is 0.672. The van der Waals surface area contributed by atoms with Crippen molar-refractivity contribution < 1.29 is 23.8 Å². The summed E-state index contributed by atoms with van der Waals surface area (Å²) in [5, 5.41) is 10.2. The predicted molar refractivity (Wildman–Crippen MR) is 105 cm³/mol. The van der Waals surface area contributed by atoms with Crippen LogP contribution in [0.1, 0.15) is 34.5 Å². The van der Waals surface area contributed by atoms with Gasteiger partial charge >= 0.3 is 12.1 Å². The van der Waals surface area contributed by atoms with Crippen molar-refractivity contribution in [3.63, 3.8) is 0 Å². The maximum absolute atomic E-state index is 13.5. The summed E-state index contributed by atoms with van der Waals surface area (Å²) in [5.74, 6) is -1.54. The molecule has 0 unspecified atom stereocenters. The summed E-state index contributed by atoms with van der Waals surface area (Å²) in [4.78, 5) is 28.8. The Kier molecular flexibility index (Phi) is 5.20. The average molecular weight is 396 g/mol. The number of ether oxygens (including phenoxy) is 1. The van der Waals surface area contributed by atoms with Crippen LogP contribution in [0, 0.1) is 5.82 Å². The summed E-state index contributed by atoms with van der Waals surface area (Å²) >= 11 is 0. The van der Waals surface area contributed by atoms with Gasteiger partial charge in [-0.15, -0.1) is 0 Å². The van der Waals surface area contributed by atoms with Crippen molar-refractivity contribution in [1.82, 2.24) is 9.88 Å². The molecule has 0 aliphatic carbocycles. The molecule has 2 aromatic carbocycles. The number of nitrogens with one attached hydrogen (secondary N) is 1. The maximum atomic E-state index is 13.5. The minimum Gasteiger partial charge on any atom is -0.477 e. The van der Waals surface area contributed by atoms with Gasteiger partial charge < -0.3 is 19.7 Å². The molecule has 1 aliphatic heterocycles. The number of aromatic nitrogens is 1. The van der Waals surface area contributed by atoms with Gasteiger partial charge in [0.25, 0.3) is 0 Å². The van der Waals surface area contributed by atoms with Crippen LogP contribution >= 0.6 is 0 Å². The second-order valence-electron chi connectivity index (χ2n) is 7.21. The molecule has 2 N–H and O–H groups in total. The summed E-state index contributed by atoms with van der Waals surface area (Å²) in [6, 6.07) is 13.4. The van der Waals surface area contributed by atoms with Crippen molar-refractivity contribution in [2.45, 2.75) is 31.9 Å². The van der Waals surface area contributed by atoms with Crippen LogP contribution in [0.3, 0.4) is 0 Å². The monoisotopic (exact) mass is 396 g/mol. The van der Waals surface area contributed by atoms with Crippen molar-refractivity contribution in [2.75, 3.05) is 6.54 Å². The number of hydrogen-bond donors (Lipinski definition) is 2. The van der Waals surface area contributed by atoms with Crippen LogP contribution in [0.2, 0.25) is 0 Å². The number of rotatable bonds is 5. The zero-order valence-corrected chi connectivity index (χ0v) is 15.7. The smallest absolute Gasteiger partial charge is 0.410 e. The Morgan fingerprint density at radius 1 is 1.21 bits per heavy atom. The zero-order valence-electron chi connectivity index (χ0n) is 15.7. The number of nitrogens with zero attached hydrogens (tertiary/aromatic N) is 1. The largest absolute Gasteiger partial charge is 0.477 e. The van der Waals surface area contributed by atoms with Gasteiger partial charge in [0.1, 0.15) is 18.1 Å². The lowest BCUT2D eigenvalue weighted by atomic mass is 10.0. The number of aromatic carboxylic acids is 1. The van der Waals surface area contributed by atoms with Crippen molar-refractivity contribution in [2.24, 2.45) is 0 Å². The van der Waals surface area contributed by atoms with Crippen LogP contribution in [0.15, 0.2) is 48.5 Å². The van der Waals surface area contributed by atoms with Gasteiger partial charge in [-0.1, -0.05) is 30.3 Å². The average Bonchev–Trinajstić information content (AvgIpc) is 3.32. The third-order valence-corrected chi connectivity index (χ3v) is 5.34. The molecule has 1 atom stereocenters. The van der Waals surface area contributed by atoms with Gasteiger partial charge in [-0.2, -0.15) is 0 Å². The second-order valence-corrected chi connectivity index (χ2v) is 7.21. The normalized spacial score (nSPS) is 16.3.